The van der Waals surface area contributed by atoms with Gasteiger partial charge in [-0.05, 0) is 140 Å². The van der Waals surface area contributed by atoms with E-state index in [1.165, 1.54) is 82.8 Å². The number of alkyl halides is 3. The minimum Gasteiger partial charge on any atom is -0.343 e. The van der Waals surface area contributed by atoms with Gasteiger partial charge in [-0.2, -0.15) is 0 Å². The number of halogens is 3. The van der Waals surface area contributed by atoms with Crippen LogP contribution in [0.4, 0.5) is 4.39 Å². The van der Waals surface area contributed by atoms with Gasteiger partial charge in [-0.3, -0.25) is 57.5 Å². The Kier molecular flexibility index (Phi) is 32.4. The Morgan fingerprint density at radius 1 is 0.568 bits per heavy atom. The van der Waals surface area contributed by atoms with Crippen LogP contribution in [0.3, 0.4) is 0 Å². The molecule has 2 saturated carbocycles. The van der Waals surface area contributed by atoms with Crippen molar-refractivity contribution in [1.29, 1.82) is 0 Å². The van der Waals surface area contributed by atoms with Crippen LogP contribution in [0.5, 0.6) is 0 Å². The molecule has 0 radical (unpaired) electrons. The van der Waals surface area contributed by atoms with Crippen LogP contribution >= 0.6 is 23.2 Å². The van der Waals surface area contributed by atoms with Crippen LogP contribution in [0.25, 0.3) is 0 Å². The average molecular weight is 1380 g/mol. The molecule has 0 aromatic carbocycles. The number of likely N-dealkylation sites (N-methyl/N-ethyl adjacent to an activating group) is 7. The first-order valence-corrected chi connectivity index (χ1v) is 35.5. The van der Waals surface area contributed by atoms with Crippen LogP contribution in [0, 0.1) is 29.6 Å². The van der Waals surface area contributed by atoms with E-state index in [9.17, 15) is 52.7 Å². The molecule has 12 amide bonds. The van der Waals surface area contributed by atoms with E-state index in [-0.39, 0.29) is 68.1 Å². The number of likely N-dealkylation sites (tertiary alicyclic amines) is 1. The molecule has 2 aliphatic carbocycles. The topological polar surface area (TPSA) is 279 Å². The van der Waals surface area contributed by atoms with Crippen molar-refractivity contribution in [3.8, 4) is 0 Å². The highest BCUT2D eigenvalue weighted by molar-refractivity contribution is 6.21. The third-order valence-corrected chi connectivity index (χ3v) is 20.8. The van der Waals surface area contributed by atoms with Crippen molar-refractivity contribution in [3.05, 3.63) is 0 Å². The van der Waals surface area contributed by atoms with Gasteiger partial charge in [0.2, 0.25) is 70.9 Å². The summed E-state index contributed by atoms with van der Waals surface area (Å²) in [6.45, 7) is 15.0. The number of rotatable bonds is 14. The number of unbranched alkanes of at least 4 members (excludes halogenated alkanes) is 1. The van der Waals surface area contributed by atoms with E-state index < -0.39 is 168 Å². The van der Waals surface area contributed by atoms with Gasteiger partial charge >= 0.3 is 0 Å². The average Bonchev–Trinajstić information content (AvgIpc) is 0.820. The number of piperidine rings is 1. The van der Waals surface area contributed by atoms with Gasteiger partial charge in [0.05, 0.1) is 26.1 Å². The molecule has 540 valence electrons. The van der Waals surface area contributed by atoms with Crippen molar-refractivity contribution >= 4 is 94.1 Å². The molecule has 0 aromatic rings. The lowest BCUT2D eigenvalue weighted by molar-refractivity contribution is -0.152. The standard InChI is InChI=1S/C68H115Cl2FN12O12/c1-17-19-23-49-63(91)82(16)68(8,9)67(95)74-51(30-41(3)4)62(90)81(15)54(65(93)83-28-21-20-22-29-83)37-56(85)79(13)52(31-42(5)6)61(89)75-59(43(7)18-2)66(94)78(12)39-57(86)76(10)40-58(87)80(14)53(35-44-24-26-46(69)27-25-44)64(92)77(11)38-55(84)72-50(60(88)73-49)34-45-32-47(70)36-48(71)33-45/h41-54,59H,17-40H2,1-16H3,(H,72,84)(H,73,88)(H,74,95)(H,75,89)/t43-,44?,45?,46?,47?,48?,49-,50-,51-,52-,53-,54-,59-/m0/s1. The third-order valence-electron chi connectivity index (χ3n) is 20.0. The molecule has 4 fully saturated rings. The molecule has 2 saturated heterocycles. The van der Waals surface area contributed by atoms with Gasteiger partial charge < -0.3 is 60.5 Å². The lowest BCUT2D eigenvalue weighted by atomic mass is 9.83. The van der Waals surface area contributed by atoms with Crippen LogP contribution in [0.2, 0.25) is 0 Å². The number of hydrogen-bond acceptors (Lipinski definition) is 12. The molecule has 0 bridgehead atoms. The Bertz CT molecular complexity index is 2650. The third kappa shape index (κ3) is 23.7. The van der Waals surface area contributed by atoms with E-state index in [2.05, 4.69) is 21.3 Å². The molecule has 2 heterocycles. The van der Waals surface area contributed by atoms with Crippen molar-refractivity contribution in [2.45, 2.75) is 249 Å². The number of carbonyl (C=O) groups is 12. The van der Waals surface area contributed by atoms with Crippen LogP contribution < -0.4 is 21.3 Å². The lowest BCUT2D eigenvalue weighted by Gasteiger charge is -2.39. The second-order valence-electron chi connectivity index (χ2n) is 29.0. The summed E-state index contributed by atoms with van der Waals surface area (Å²) in [6, 6.07) is -8.85. The maximum atomic E-state index is 15.2. The van der Waals surface area contributed by atoms with E-state index in [0.717, 1.165) is 21.1 Å². The number of hydrogen-bond donors (Lipinski definition) is 4. The highest BCUT2D eigenvalue weighted by Crippen LogP contribution is 2.34. The summed E-state index contributed by atoms with van der Waals surface area (Å²) < 4.78 is 15.2. The molecular weight excluding hydrogens is 1270 g/mol. The molecule has 4 aliphatic rings. The maximum absolute atomic E-state index is 15.2. The summed E-state index contributed by atoms with van der Waals surface area (Å²) in [5.41, 5.74) is -1.72. The summed E-state index contributed by atoms with van der Waals surface area (Å²) in [6.07, 6.45) is 5.43. The summed E-state index contributed by atoms with van der Waals surface area (Å²) in [7, 11) is 9.83. The molecule has 3 unspecified atom stereocenters. The Labute approximate surface area is 574 Å². The van der Waals surface area contributed by atoms with Gasteiger partial charge in [0.15, 0.2) is 0 Å². The highest BCUT2D eigenvalue weighted by atomic mass is 35.5. The first-order chi connectivity index (χ1) is 44.4. The molecule has 4 rings (SSSR count). The van der Waals surface area contributed by atoms with E-state index in [4.69, 9.17) is 23.2 Å². The Balaban J connectivity index is 1.87. The molecule has 4 N–H and O–H groups in total. The SMILES string of the molecule is CCCC[C@@H]1NC(=O)[C@H](CC2CC(F)CC(Cl)C2)NC(=O)CN(C)C(=O)[C@H](CC2CCC(Cl)CC2)N(C)C(=O)CN(C)C(=O)CN(C)C(=O)[C@H]([C@@H](C)CC)NC(=O)[C@H](CC(C)C)N(C)C(=O)C[C@@H](C(=O)N2CCCCC2)N(C)C(=O)[C@H](CC(C)C)NC(=O)C(C)(C)N(C)C1=O. The van der Waals surface area contributed by atoms with E-state index in [0.29, 0.717) is 77.3 Å². The molecule has 0 aromatic heterocycles. The summed E-state index contributed by atoms with van der Waals surface area (Å²) in [5.74, 6) is -9.42. The number of nitrogens with zero attached hydrogens (tertiary/aromatic N) is 8. The van der Waals surface area contributed by atoms with Crippen LogP contribution in [0.1, 0.15) is 184 Å². The van der Waals surface area contributed by atoms with Crippen LogP contribution in [-0.2, 0) is 57.5 Å². The van der Waals surface area contributed by atoms with Crippen molar-refractivity contribution in [1.82, 2.24) is 60.5 Å². The largest absolute Gasteiger partial charge is 0.343 e. The Morgan fingerprint density at radius 3 is 1.74 bits per heavy atom. The van der Waals surface area contributed by atoms with Crippen molar-refractivity contribution < 1.29 is 61.9 Å². The zero-order chi connectivity index (χ0) is 71.5. The number of nitrogens with one attached hydrogen (secondary N) is 4. The molecule has 27 heteroatoms. The maximum Gasteiger partial charge on any atom is 0.246 e. The van der Waals surface area contributed by atoms with Gasteiger partial charge in [0, 0.05) is 73.2 Å². The number of amides is 12. The van der Waals surface area contributed by atoms with E-state index in [1.54, 1.807) is 11.8 Å². The Hall–Kier alpha value is -5.85. The fraction of sp³-hybridized carbons (Fsp3) is 0.824. The van der Waals surface area contributed by atoms with Gasteiger partial charge in [-0.15, -0.1) is 23.2 Å². The normalized spacial score (nSPS) is 29.8. The molecule has 95 heavy (non-hydrogen) atoms. The molecular formula is C68H115Cl2FN12O12. The smallest absolute Gasteiger partial charge is 0.246 e. The predicted octanol–water partition coefficient (Wildman–Crippen LogP) is 5.09. The van der Waals surface area contributed by atoms with Crippen molar-refractivity contribution in [3.63, 3.8) is 0 Å². The van der Waals surface area contributed by atoms with Gasteiger partial charge in [-0.25, -0.2) is 4.39 Å². The number of carbonyl (C=O) groups excluding carboxylic acids is 12. The van der Waals surface area contributed by atoms with Crippen LogP contribution in [0.15, 0.2) is 0 Å². The minimum absolute atomic E-state index is 0.0434. The minimum atomic E-state index is -1.72. The van der Waals surface area contributed by atoms with Crippen molar-refractivity contribution in [2.24, 2.45) is 29.6 Å². The second-order valence-corrected chi connectivity index (χ2v) is 30.3. The molecule has 11 atom stereocenters. The highest BCUT2D eigenvalue weighted by Gasteiger charge is 2.45. The van der Waals surface area contributed by atoms with Gasteiger partial charge in [0.1, 0.15) is 54.0 Å². The van der Waals surface area contributed by atoms with Gasteiger partial charge in [0.25, 0.3) is 0 Å². The summed E-state index contributed by atoms with van der Waals surface area (Å²) in [4.78, 5) is 186. The van der Waals surface area contributed by atoms with Gasteiger partial charge in [-0.1, -0.05) is 67.7 Å². The Morgan fingerprint density at radius 2 is 1.16 bits per heavy atom. The quantitative estimate of drug-likeness (QED) is 0.166. The lowest BCUT2D eigenvalue weighted by Crippen LogP contribution is -2.63. The summed E-state index contributed by atoms with van der Waals surface area (Å²) in [5, 5.41) is 10.8. The zero-order valence-electron chi connectivity index (χ0n) is 59.7. The fourth-order valence-corrected chi connectivity index (χ4v) is 13.9. The van der Waals surface area contributed by atoms with Crippen LogP contribution in [-0.4, -0.2) is 257 Å². The first-order valence-electron chi connectivity index (χ1n) is 34.6. The first kappa shape index (κ1) is 81.6. The molecule has 24 nitrogen and oxygen atoms in total. The molecule has 2 aliphatic heterocycles. The van der Waals surface area contributed by atoms with E-state index in [1.807, 2.05) is 41.5 Å². The zero-order valence-corrected chi connectivity index (χ0v) is 61.3. The fourth-order valence-electron chi connectivity index (χ4n) is 13.2. The second kappa shape index (κ2) is 37.8. The van der Waals surface area contributed by atoms with E-state index >= 15 is 9.18 Å². The molecule has 0 spiro atoms. The predicted molar refractivity (Wildman–Crippen MR) is 363 cm³/mol. The summed E-state index contributed by atoms with van der Waals surface area (Å²) >= 11 is 13.0. The van der Waals surface area contributed by atoms with Crippen molar-refractivity contribution in [2.75, 3.05) is 82.1 Å². The monoisotopic (exact) mass is 1380 g/mol.